The summed E-state index contributed by atoms with van der Waals surface area (Å²) >= 11 is 5.91. The maximum Gasteiger partial charge on any atom is 0.240 e. The molecular formula is C12H13ClN2O3S. The van der Waals surface area contributed by atoms with Crippen molar-refractivity contribution < 1.29 is 12.8 Å². The van der Waals surface area contributed by atoms with Crippen LogP contribution in [0.5, 0.6) is 0 Å². The lowest BCUT2D eigenvalue weighted by Gasteiger charge is -2.09. The standard InChI is InChI=1S/C12H13ClN2O3S/c1-8-4-10(5-11(14)12(8)13)19(16,17)15-6-9-2-3-18-7-9/h2-5,7,15H,6,14H2,1H3. The van der Waals surface area contributed by atoms with E-state index < -0.39 is 10.0 Å². The molecule has 1 aromatic carbocycles. The second-order valence-corrected chi connectivity index (χ2v) is 6.24. The third-order valence-electron chi connectivity index (χ3n) is 2.61. The van der Waals surface area contributed by atoms with Gasteiger partial charge in [0.15, 0.2) is 0 Å². The molecule has 19 heavy (non-hydrogen) atoms. The van der Waals surface area contributed by atoms with Gasteiger partial charge in [0.25, 0.3) is 0 Å². The quantitative estimate of drug-likeness (QED) is 0.848. The average molecular weight is 301 g/mol. The van der Waals surface area contributed by atoms with Crippen LogP contribution in [0.4, 0.5) is 5.69 Å². The van der Waals surface area contributed by atoms with Crippen LogP contribution in [0.3, 0.4) is 0 Å². The number of hydrogen-bond donors (Lipinski definition) is 2. The number of furan rings is 1. The largest absolute Gasteiger partial charge is 0.472 e. The van der Waals surface area contributed by atoms with E-state index in [9.17, 15) is 8.42 Å². The molecule has 0 aliphatic rings. The van der Waals surface area contributed by atoms with E-state index in [1.165, 1.54) is 24.7 Å². The van der Waals surface area contributed by atoms with Crippen molar-refractivity contribution in [3.8, 4) is 0 Å². The second-order valence-electron chi connectivity index (χ2n) is 4.10. The first-order chi connectivity index (χ1) is 8.90. The third-order valence-corrected chi connectivity index (χ3v) is 4.51. The predicted octanol–water partition coefficient (Wildman–Crippen LogP) is 2.30. The maximum absolute atomic E-state index is 12.1. The zero-order valence-electron chi connectivity index (χ0n) is 10.2. The zero-order valence-corrected chi connectivity index (χ0v) is 11.8. The number of hydrogen-bond acceptors (Lipinski definition) is 4. The molecule has 1 heterocycles. The van der Waals surface area contributed by atoms with Crippen LogP contribution >= 0.6 is 11.6 Å². The van der Waals surface area contributed by atoms with Crippen LogP contribution in [-0.4, -0.2) is 8.42 Å². The molecular weight excluding hydrogens is 288 g/mol. The van der Waals surface area contributed by atoms with Crippen molar-refractivity contribution in [2.45, 2.75) is 18.4 Å². The summed E-state index contributed by atoms with van der Waals surface area (Å²) in [6, 6.07) is 4.51. The van der Waals surface area contributed by atoms with Crippen molar-refractivity contribution in [3.05, 3.63) is 46.9 Å². The lowest BCUT2D eigenvalue weighted by molar-refractivity contribution is 0.561. The van der Waals surface area contributed by atoms with E-state index in [0.29, 0.717) is 10.6 Å². The molecule has 0 radical (unpaired) electrons. The normalized spacial score (nSPS) is 11.7. The SMILES string of the molecule is Cc1cc(S(=O)(=O)NCc2ccoc2)cc(N)c1Cl. The molecule has 0 spiro atoms. The summed E-state index contributed by atoms with van der Waals surface area (Å²) in [6.07, 6.45) is 2.96. The Morgan fingerprint density at radius 1 is 1.42 bits per heavy atom. The Morgan fingerprint density at radius 3 is 2.74 bits per heavy atom. The molecule has 0 saturated heterocycles. The van der Waals surface area contributed by atoms with Gasteiger partial charge in [0.05, 0.1) is 28.1 Å². The van der Waals surface area contributed by atoms with E-state index in [4.69, 9.17) is 21.8 Å². The fourth-order valence-corrected chi connectivity index (χ4v) is 2.82. The minimum Gasteiger partial charge on any atom is -0.472 e. The van der Waals surface area contributed by atoms with Gasteiger partial charge >= 0.3 is 0 Å². The van der Waals surface area contributed by atoms with Gasteiger partial charge < -0.3 is 10.2 Å². The fraction of sp³-hybridized carbons (Fsp3) is 0.167. The lowest BCUT2D eigenvalue weighted by atomic mass is 10.2. The summed E-state index contributed by atoms with van der Waals surface area (Å²) < 4.78 is 31.5. The maximum atomic E-state index is 12.1. The highest BCUT2D eigenvalue weighted by atomic mass is 35.5. The first-order valence-corrected chi connectivity index (χ1v) is 7.32. The minimum absolute atomic E-state index is 0.0930. The van der Waals surface area contributed by atoms with Gasteiger partial charge in [-0.25, -0.2) is 13.1 Å². The summed E-state index contributed by atoms with van der Waals surface area (Å²) in [5, 5.41) is 0.369. The van der Waals surface area contributed by atoms with Crippen LogP contribution in [0, 0.1) is 6.92 Å². The number of nitrogens with one attached hydrogen (secondary N) is 1. The molecule has 0 unspecified atom stereocenters. The molecule has 0 aliphatic heterocycles. The summed E-state index contributed by atoms with van der Waals surface area (Å²) in [5.74, 6) is 0. The van der Waals surface area contributed by atoms with Crippen LogP contribution in [0.15, 0.2) is 40.0 Å². The smallest absolute Gasteiger partial charge is 0.240 e. The van der Waals surface area contributed by atoms with Crippen molar-refractivity contribution in [1.82, 2.24) is 4.72 Å². The van der Waals surface area contributed by atoms with Gasteiger partial charge in [-0.1, -0.05) is 11.6 Å². The molecule has 0 amide bonds. The van der Waals surface area contributed by atoms with E-state index in [1.807, 2.05) is 0 Å². The molecule has 0 bridgehead atoms. The number of nitrogens with two attached hydrogens (primary N) is 1. The highest BCUT2D eigenvalue weighted by Gasteiger charge is 2.16. The summed E-state index contributed by atoms with van der Waals surface area (Å²) in [4.78, 5) is 0.0930. The number of nitrogen functional groups attached to an aromatic ring is 1. The fourth-order valence-electron chi connectivity index (χ4n) is 1.57. The number of benzene rings is 1. The third kappa shape index (κ3) is 3.09. The van der Waals surface area contributed by atoms with Gasteiger partial charge in [0, 0.05) is 12.1 Å². The Bertz CT molecular complexity index is 658. The van der Waals surface area contributed by atoms with Gasteiger partial charge in [-0.2, -0.15) is 0 Å². The highest BCUT2D eigenvalue weighted by molar-refractivity contribution is 7.89. The number of anilines is 1. The zero-order chi connectivity index (χ0) is 14.0. The molecule has 3 N–H and O–H groups in total. The lowest BCUT2D eigenvalue weighted by Crippen LogP contribution is -2.23. The summed E-state index contributed by atoms with van der Waals surface area (Å²) in [7, 11) is -3.63. The monoisotopic (exact) mass is 300 g/mol. The molecule has 2 aromatic rings. The minimum atomic E-state index is -3.63. The van der Waals surface area contributed by atoms with E-state index >= 15 is 0 Å². The Labute approximate surface area is 116 Å². The Kier molecular flexibility index (Phi) is 3.84. The molecule has 5 nitrogen and oxygen atoms in total. The van der Waals surface area contributed by atoms with Gasteiger partial charge in [0.2, 0.25) is 10.0 Å². The highest BCUT2D eigenvalue weighted by Crippen LogP contribution is 2.26. The van der Waals surface area contributed by atoms with Crippen LogP contribution in [-0.2, 0) is 16.6 Å². The molecule has 0 fully saturated rings. The van der Waals surface area contributed by atoms with E-state index in [0.717, 1.165) is 5.56 Å². The average Bonchev–Trinajstić information content (AvgIpc) is 2.86. The van der Waals surface area contributed by atoms with Crippen molar-refractivity contribution in [3.63, 3.8) is 0 Å². The van der Waals surface area contributed by atoms with Crippen molar-refractivity contribution in [2.75, 3.05) is 5.73 Å². The second kappa shape index (κ2) is 5.24. The Morgan fingerprint density at radius 2 is 2.16 bits per heavy atom. The Hall–Kier alpha value is -1.50. The van der Waals surface area contributed by atoms with E-state index in [1.54, 1.807) is 13.0 Å². The number of rotatable bonds is 4. The van der Waals surface area contributed by atoms with Gasteiger partial charge in [-0.05, 0) is 30.7 Å². The molecule has 102 valence electrons. The number of halogens is 1. The molecule has 0 aliphatic carbocycles. The van der Waals surface area contributed by atoms with Gasteiger partial charge in [0.1, 0.15) is 0 Å². The predicted molar refractivity (Wildman–Crippen MR) is 73.3 cm³/mol. The topological polar surface area (TPSA) is 85.3 Å². The summed E-state index contributed by atoms with van der Waals surface area (Å²) in [5.41, 5.74) is 7.27. The molecule has 2 rings (SSSR count). The van der Waals surface area contributed by atoms with Gasteiger partial charge in [-0.15, -0.1) is 0 Å². The first kappa shape index (κ1) is 13.9. The van der Waals surface area contributed by atoms with Gasteiger partial charge in [-0.3, -0.25) is 0 Å². The van der Waals surface area contributed by atoms with Crippen molar-refractivity contribution in [1.29, 1.82) is 0 Å². The molecule has 0 atom stereocenters. The van der Waals surface area contributed by atoms with E-state index in [-0.39, 0.29) is 17.1 Å². The van der Waals surface area contributed by atoms with Crippen molar-refractivity contribution in [2.24, 2.45) is 0 Å². The molecule has 7 heteroatoms. The number of aryl methyl sites for hydroxylation is 1. The van der Waals surface area contributed by atoms with E-state index in [2.05, 4.69) is 4.72 Å². The summed E-state index contributed by atoms with van der Waals surface area (Å²) in [6.45, 7) is 1.86. The Balaban J connectivity index is 2.24. The molecule has 0 saturated carbocycles. The van der Waals surface area contributed by atoms with Crippen LogP contribution in [0.25, 0.3) is 0 Å². The van der Waals surface area contributed by atoms with Crippen molar-refractivity contribution >= 4 is 27.3 Å². The van der Waals surface area contributed by atoms with Crippen LogP contribution in [0.2, 0.25) is 5.02 Å². The number of sulfonamides is 1. The van der Waals surface area contributed by atoms with Crippen LogP contribution in [0.1, 0.15) is 11.1 Å². The molecule has 1 aromatic heterocycles. The first-order valence-electron chi connectivity index (χ1n) is 5.46. The van der Waals surface area contributed by atoms with Crippen LogP contribution < -0.4 is 10.5 Å².